The van der Waals surface area contributed by atoms with Gasteiger partial charge in [-0.3, -0.25) is 4.79 Å². The van der Waals surface area contributed by atoms with Gasteiger partial charge >= 0.3 is 0 Å². The molecule has 0 amide bonds. The third kappa shape index (κ3) is 2.85. The van der Waals surface area contributed by atoms with E-state index < -0.39 is 0 Å². The number of hydrogen-bond donors (Lipinski definition) is 1. The number of rotatable bonds is 4. The molecule has 0 aromatic heterocycles. The van der Waals surface area contributed by atoms with Gasteiger partial charge in [0.1, 0.15) is 5.75 Å². The topological polar surface area (TPSA) is 52.3 Å². The average molecular weight is 268 g/mol. The van der Waals surface area contributed by atoms with Crippen LogP contribution in [-0.4, -0.2) is 18.4 Å². The quantitative estimate of drug-likeness (QED) is 0.853. The Morgan fingerprint density at radius 1 is 1.44 bits per heavy atom. The van der Waals surface area contributed by atoms with Crippen LogP contribution in [-0.2, 0) is 0 Å². The van der Waals surface area contributed by atoms with Crippen molar-refractivity contribution in [3.05, 3.63) is 28.8 Å². The highest BCUT2D eigenvalue weighted by Gasteiger charge is 2.32. The van der Waals surface area contributed by atoms with Gasteiger partial charge in [-0.2, -0.15) is 0 Å². The summed E-state index contributed by atoms with van der Waals surface area (Å²) in [5, 5.41) is 0.539. The second-order valence-electron chi connectivity index (χ2n) is 5.01. The summed E-state index contributed by atoms with van der Waals surface area (Å²) in [6.45, 7) is 0. The number of carbonyl (C=O) groups excluding carboxylic acids is 1. The van der Waals surface area contributed by atoms with Crippen molar-refractivity contribution in [2.24, 2.45) is 5.73 Å². The fourth-order valence-electron chi connectivity index (χ4n) is 2.57. The largest absolute Gasteiger partial charge is 0.496 e. The fraction of sp³-hybridized carbons (Fsp3) is 0.500. The maximum absolute atomic E-state index is 12.3. The normalized spacial score (nSPS) is 17.7. The van der Waals surface area contributed by atoms with Crippen LogP contribution in [0.3, 0.4) is 0 Å². The van der Waals surface area contributed by atoms with E-state index in [0.29, 0.717) is 22.8 Å². The van der Waals surface area contributed by atoms with E-state index in [4.69, 9.17) is 22.1 Å². The van der Waals surface area contributed by atoms with E-state index in [1.54, 1.807) is 25.3 Å². The number of nitrogens with two attached hydrogens (primary N) is 1. The Hall–Kier alpha value is -1.06. The molecule has 1 aliphatic rings. The molecule has 1 saturated carbocycles. The van der Waals surface area contributed by atoms with Gasteiger partial charge in [-0.15, -0.1) is 0 Å². The second kappa shape index (κ2) is 5.29. The standard InChI is InChI=1S/C14H18ClNO2/c1-18-13-5-4-10(15)8-11(13)12(17)9-14(16)6-2-3-7-14/h4-5,8H,2-3,6-7,9,16H2,1H3. The van der Waals surface area contributed by atoms with Gasteiger partial charge in [0, 0.05) is 17.0 Å². The molecule has 3 nitrogen and oxygen atoms in total. The first-order valence-corrected chi connectivity index (χ1v) is 6.57. The van der Waals surface area contributed by atoms with Gasteiger partial charge in [0.25, 0.3) is 0 Å². The Morgan fingerprint density at radius 3 is 2.72 bits per heavy atom. The van der Waals surface area contributed by atoms with Crippen LogP contribution in [0.25, 0.3) is 0 Å². The molecule has 0 radical (unpaired) electrons. The maximum atomic E-state index is 12.3. The van der Waals surface area contributed by atoms with Gasteiger partial charge in [0.05, 0.1) is 12.7 Å². The summed E-state index contributed by atoms with van der Waals surface area (Å²) >= 11 is 5.93. The predicted octanol–water partition coefficient (Wildman–Crippen LogP) is 3.19. The van der Waals surface area contributed by atoms with Gasteiger partial charge in [0.15, 0.2) is 5.78 Å². The van der Waals surface area contributed by atoms with Gasteiger partial charge in [-0.1, -0.05) is 24.4 Å². The highest BCUT2D eigenvalue weighted by Crippen LogP contribution is 2.33. The zero-order valence-corrected chi connectivity index (χ0v) is 11.3. The molecule has 98 valence electrons. The molecule has 2 rings (SSSR count). The van der Waals surface area contributed by atoms with Crippen LogP contribution in [0, 0.1) is 0 Å². The molecule has 2 N–H and O–H groups in total. The first-order chi connectivity index (χ1) is 8.54. The van der Waals surface area contributed by atoms with Crippen LogP contribution in [0.4, 0.5) is 0 Å². The first kappa shape index (κ1) is 13.4. The van der Waals surface area contributed by atoms with Crippen molar-refractivity contribution < 1.29 is 9.53 Å². The summed E-state index contributed by atoms with van der Waals surface area (Å²) in [5.74, 6) is 0.574. The molecular weight excluding hydrogens is 250 g/mol. The third-order valence-electron chi connectivity index (χ3n) is 3.57. The lowest BCUT2D eigenvalue weighted by Gasteiger charge is -2.22. The van der Waals surface area contributed by atoms with E-state index in [1.807, 2.05) is 0 Å². The number of halogens is 1. The lowest BCUT2D eigenvalue weighted by molar-refractivity contribution is 0.0949. The monoisotopic (exact) mass is 267 g/mol. The molecule has 1 aliphatic carbocycles. The van der Waals surface area contributed by atoms with Gasteiger partial charge < -0.3 is 10.5 Å². The number of carbonyl (C=O) groups is 1. The number of benzene rings is 1. The van der Waals surface area contributed by atoms with Crippen molar-refractivity contribution in [3.63, 3.8) is 0 Å². The zero-order valence-electron chi connectivity index (χ0n) is 10.5. The van der Waals surface area contributed by atoms with E-state index in [1.165, 1.54) is 0 Å². The van der Waals surface area contributed by atoms with Crippen molar-refractivity contribution in [1.29, 1.82) is 0 Å². The minimum atomic E-state index is -0.343. The molecule has 0 spiro atoms. The summed E-state index contributed by atoms with van der Waals surface area (Å²) in [6, 6.07) is 5.08. The molecular formula is C14H18ClNO2. The molecule has 0 atom stereocenters. The van der Waals surface area contributed by atoms with Crippen LogP contribution in [0.2, 0.25) is 5.02 Å². The Balaban J connectivity index is 2.20. The molecule has 1 aromatic carbocycles. The van der Waals surface area contributed by atoms with Crippen LogP contribution >= 0.6 is 11.6 Å². The second-order valence-corrected chi connectivity index (χ2v) is 5.45. The number of hydrogen-bond acceptors (Lipinski definition) is 3. The SMILES string of the molecule is COc1ccc(Cl)cc1C(=O)CC1(N)CCCC1. The smallest absolute Gasteiger partial charge is 0.168 e. The van der Waals surface area contributed by atoms with E-state index in [2.05, 4.69) is 0 Å². The van der Waals surface area contributed by atoms with E-state index in [-0.39, 0.29) is 11.3 Å². The summed E-state index contributed by atoms with van der Waals surface area (Å²) in [7, 11) is 1.55. The molecule has 1 aromatic rings. The molecule has 0 saturated heterocycles. The molecule has 0 aliphatic heterocycles. The minimum absolute atomic E-state index is 0.0127. The van der Waals surface area contributed by atoms with Crippen molar-refractivity contribution in [2.75, 3.05) is 7.11 Å². The molecule has 0 unspecified atom stereocenters. The van der Waals surface area contributed by atoms with Crippen LogP contribution in [0.5, 0.6) is 5.75 Å². The Morgan fingerprint density at radius 2 is 2.11 bits per heavy atom. The minimum Gasteiger partial charge on any atom is -0.496 e. The van der Waals surface area contributed by atoms with Crippen molar-refractivity contribution in [2.45, 2.75) is 37.6 Å². The van der Waals surface area contributed by atoms with Crippen molar-refractivity contribution in [3.8, 4) is 5.75 Å². The summed E-state index contributed by atoms with van der Waals surface area (Å²) in [6.07, 6.45) is 4.42. The Kier molecular flexibility index (Phi) is 3.93. The van der Waals surface area contributed by atoms with Gasteiger partial charge in [0.2, 0.25) is 0 Å². The molecule has 0 heterocycles. The predicted molar refractivity (Wildman–Crippen MR) is 72.3 cm³/mol. The zero-order chi connectivity index (χ0) is 13.2. The summed E-state index contributed by atoms with van der Waals surface area (Å²) in [4.78, 5) is 12.3. The van der Waals surface area contributed by atoms with Crippen molar-refractivity contribution >= 4 is 17.4 Å². The van der Waals surface area contributed by atoms with Crippen LogP contribution in [0.1, 0.15) is 42.5 Å². The van der Waals surface area contributed by atoms with E-state index in [0.717, 1.165) is 25.7 Å². The molecule has 4 heteroatoms. The third-order valence-corrected chi connectivity index (χ3v) is 3.81. The van der Waals surface area contributed by atoms with E-state index >= 15 is 0 Å². The van der Waals surface area contributed by atoms with Gasteiger partial charge in [-0.25, -0.2) is 0 Å². The lowest BCUT2D eigenvalue weighted by Crippen LogP contribution is -2.38. The Labute approximate surface area is 112 Å². The highest BCUT2D eigenvalue weighted by atomic mass is 35.5. The maximum Gasteiger partial charge on any atom is 0.168 e. The average Bonchev–Trinajstić information content (AvgIpc) is 2.75. The number of ether oxygens (including phenoxy) is 1. The molecule has 1 fully saturated rings. The lowest BCUT2D eigenvalue weighted by atomic mass is 9.90. The summed E-state index contributed by atoms with van der Waals surface area (Å²) < 4.78 is 5.20. The van der Waals surface area contributed by atoms with Crippen LogP contribution in [0.15, 0.2) is 18.2 Å². The number of methoxy groups -OCH3 is 1. The van der Waals surface area contributed by atoms with Crippen molar-refractivity contribution in [1.82, 2.24) is 0 Å². The fourth-order valence-corrected chi connectivity index (χ4v) is 2.74. The molecule has 18 heavy (non-hydrogen) atoms. The van der Waals surface area contributed by atoms with Gasteiger partial charge in [-0.05, 0) is 31.0 Å². The first-order valence-electron chi connectivity index (χ1n) is 6.20. The highest BCUT2D eigenvalue weighted by molar-refractivity contribution is 6.31. The number of ketones is 1. The van der Waals surface area contributed by atoms with E-state index in [9.17, 15) is 4.79 Å². The number of Topliss-reactive ketones (excluding diaryl/α,β-unsaturated/α-hetero) is 1. The Bertz CT molecular complexity index is 453. The van der Waals surface area contributed by atoms with Crippen LogP contribution < -0.4 is 10.5 Å². The molecule has 0 bridgehead atoms. The summed E-state index contributed by atoms with van der Waals surface area (Å²) in [5.41, 5.74) is 6.42.